The molecule has 0 spiro atoms. The third-order valence-corrected chi connectivity index (χ3v) is 2.81. The molecule has 0 fully saturated rings. The summed E-state index contributed by atoms with van der Waals surface area (Å²) in [7, 11) is 0. The van der Waals surface area contributed by atoms with Crippen LogP contribution < -0.4 is 4.40 Å². The van der Waals surface area contributed by atoms with Crippen molar-refractivity contribution >= 4 is 16.3 Å². The molecule has 3 aromatic rings. The van der Waals surface area contributed by atoms with Gasteiger partial charge in [-0.05, 0) is 18.2 Å². The molecule has 0 saturated heterocycles. The van der Waals surface area contributed by atoms with Crippen LogP contribution in [0.5, 0.6) is 17.2 Å². The van der Waals surface area contributed by atoms with E-state index in [1.54, 1.807) is 22.9 Å². The molecule has 2 heterocycles. The van der Waals surface area contributed by atoms with E-state index in [0.717, 1.165) is 0 Å². The summed E-state index contributed by atoms with van der Waals surface area (Å²) in [5.41, 5.74) is 0.644. The van der Waals surface area contributed by atoms with Gasteiger partial charge in [-0.15, -0.1) is 0 Å². The molecule has 2 aromatic heterocycles. The second kappa shape index (κ2) is 3.25. The smallest absolute Gasteiger partial charge is 0.253 e. The van der Waals surface area contributed by atoms with Crippen molar-refractivity contribution < 1.29 is 19.7 Å². The average Bonchev–Trinajstić information content (AvgIpc) is 2.32. The van der Waals surface area contributed by atoms with Gasteiger partial charge in [0, 0.05) is 17.5 Å². The van der Waals surface area contributed by atoms with Crippen LogP contribution in [0.25, 0.3) is 16.3 Å². The van der Waals surface area contributed by atoms with Gasteiger partial charge in [0.05, 0.1) is 5.39 Å². The van der Waals surface area contributed by atoms with E-state index >= 15 is 0 Å². The Morgan fingerprint density at radius 3 is 2.53 bits per heavy atom. The Morgan fingerprint density at radius 2 is 1.71 bits per heavy atom. The van der Waals surface area contributed by atoms with Crippen LogP contribution in [0.4, 0.5) is 0 Å². The van der Waals surface area contributed by atoms with Crippen molar-refractivity contribution in [1.82, 2.24) is 0 Å². The predicted molar refractivity (Wildman–Crippen MR) is 62.1 cm³/mol. The van der Waals surface area contributed by atoms with Crippen LogP contribution in [0.2, 0.25) is 0 Å². The van der Waals surface area contributed by atoms with Crippen LogP contribution in [0.15, 0.2) is 42.7 Å². The number of phenols is 2. The standard InChI is InChI=1S/C13H9NO3/c15-11-5-8-7-14-4-2-1-3-10(14)13(17)9(8)6-12(11)16/h1-7,15,17H/p+1. The van der Waals surface area contributed by atoms with Crippen LogP contribution in [0.1, 0.15) is 0 Å². The van der Waals surface area contributed by atoms with Gasteiger partial charge in [-0.2, -0.15) is 4.40 Å². The number of hydrogen-bond donors (Lipinski definition) is 3. The molecule has 0 amide bonds. The molecule has 0 radical (unpaired) electrons. The third-order valence-electron chi connectivity index (χ3n) is 2.81. The fourth-order valence-corrected chi connectivity index (χ4v) is 1.96. The lowest BCUT2D eigenvalue weighted by Crippen LogP contribution is -2.19. The molecule has 3 N–H and O–H groups in total. The van der Waals surface area contributed by atoms with E-state index in [2.05, 4.69) is 0 Å². The molecular weight excluding hydrogens is 218 g/mol. The molecular formula is C13H10NO3+. The van der Waals surface area contributed by atoms with Crippen LogP contribution in [-0.4, -0.2) is 15.3 Å². The lowest BCUT2D eigenvalue weighted by atomic mass is 10.1. The highest BCUT2D eigenvalue weighted by atomic mass is 16.3. The van der Waals surface area contributed by atoms with Crippen LogP contribution in [-0.2, 0) is 0 Å². The molecule has 17 heavy (non-hydrogen) atoms. The maximum Gasteiger partial charge on any atom is 0.253 e. The monoisotopic (exact) mass is 228 g/mol. The zero-order chi connectivity index (χ0) is 12.0. The average molecular weight is 228 g/mol. The number of hydrogen-bond acceptors (Lipinski definition) is 3. The number of fused-ring (bicyclic) bond motifs is 2. The molecule has 4 nitrogen and oxygen atoms in total. The van der Waals surface area contributed by atoms with Gasteiger partial charge < -0.3 is 15.3 Å². The summed E-state index contributed by atoms with van der Waals surface area (Å²) in [6, 6.07) is 8.22. The number of phenolic OH excluding ortho intramolecular Hbond substituents is 2. The van der Waals surface area contributed by atoms with Crippen molar-refractivity contribution in [2.75, 3.05) is 0 Å². The number of nitrogens with zero attached hydrogens (tertiary/aromatic N) is 1. The molecule has 84 valence electrons. The molecule has 0 atom stereocenters. The lowest BCUT2D eigenvalue weighted by Gasteiger charge is -2.03. The van der Waals surface area contributed by atoms with E-state index < -0.39 is 0 Å². The first-order chi connectivity index (χ1) is 8.16. The fraction of sp³-hybridized carbons (Fsp3) is 0. The summed E-state index contributed by atoms with van der Waals surface area (Å²) in [6.07, 6.45) is 3.59. The first-order valence-corrected chi connectivity index (χ1v) is 5.14. The minimum absolute atomic E-state index is 0.0819. The van der Waals surface area contributed by atoms with E-state index in [0.29, 0.717) is 16.3 Å². The summed E-state index contributed by atoms with van der Waals surface area (Å²) in [6.45, 7) is 0. The highest BCUT2D eigenvalue weighted by Crippen LogP contribution is 2.34. The largest absolute Gasteiger partial charge is 0.504 e. The molecule has 3 rings (SSSR count). The van der Waals surface area contributed by atoms with Crippen molar-refractivity contribution in [2.24, 2.45) is 0 Å². The minimum Gasteiger partial charge on any atom is -0.504 e. The van der Waals surface area contributed by atoms with Crippen molar-refractivity contribution in [3.05, 3.63) is 42.7 Å². The third kappa shape index (κ3) is 1.34. The predicted octanol–water partition coefficient (Wildman–Crippen LogP) is 1.70. The van der Waals surface area contributed by atoms with Gasteiger partial charge in [-0.1, -0.05) is 0 Å². The van der Waals surface area contributed by atoms with Crippen molar-refractivity contribution in [2.45, 2.75) is 0 Å². The maximum atomic E-state index is 10.1. The first-order valence-electron chi connectivity index (χ1n) is 5.14. The highest BCUT2D eigenvalue weighted by molar-refractivity contribution is 5.93. The van der Waals surface area contributed by atoms with Gasteiger partial charge in [0.1, 0.15) is 0 Å². The molecule has 0 bridgehead atoms. The Hall–Kier alpha value is -2.49. The zero-order valence-corrected chi connectivity index (χ0v) is 8.83. The number of aromatic nitrogens is 1. The Morgan fingerprint density at radius 1 is 0.941 bits per heavy atom. The Balaban J connectivity index is 2.55. The second-order valence-electron chi connectivity index (χ2n) is 3.90. The lowest BCUT2D eigenvalue weighted by molar-refractivity contribution is -0.510. The van der Waals surface area contributed by atoms with Crippen LogP contribution in [0, 0.1) is 0 Å². The summed E-state index contributed by atoms with van der Waals surface area (Å²) in [5, 5.41) is 30.2. The van der Waals surface area contributed by atoms with E-state index in [-0.39, 0.29) is 17.2 Å². The Bertz CT molecular complexity index is 737. The number of rotatable bonds is 0. The molecule has 4 heteroatoms. The van der Waals surface area contributed by atoms with Gasteiger partial charge in [0.15, 0.2) is 29.6 Å². The van der Waals surface area contributed by atoms with E-state index in [4.69, 9.17) is 0 Å². The highest BCUT2D eigenvalue weighted by Gasteiger charge is 2.14. The zero-order valence-electron chi connectivity index (χ0n) is 8.83. The van der Waals surface area contributed by atoms with Gasteiger partial charge in [0.25, 0.3) is 5.52 Å². The summed E-state index contributed by atoms with van der Waals surface area (Å²) < 4.78 is 1.76. The normalized spacial score (nSPS) is 11.1. The second-order valence-corrected chi connectivity index (χ2v) is 3.90. The van der Waals surface area contributed by atoms with Crippen molar-refractivity contribution in [1.29, 1.82) is 0 Å². The quantitative estimate of drug-likeness (QED) is 0.312. The van der Waals surface area contributed by atoms with Crippen LogP contribution >= 0.6 is 0 Å². The molecule has 0 aliphatic carbocycles. The summed E-state index contributed by atoms with van der Waals surface area (Å²) in [4.78, 5) is 0. The molecule has 0 unspecified atom stereocenters. The van der Waals surface area contributed by atoms with Gasteiger partial charge in [0.2, 0.25) is 0 Å². The van der Waals surface area contributed by atoms with E-state index in [9.17, 15) is 15.3 Å². The maximum absolute atomic E-state index is 10.1. The van der Waals surface area contributed by atoms with E-state index in [1.807, 2.05) is 12.1 Å². The van der Waals surface area contributed by atoms with E-state index in [1.165, 1.54) is 12.1 Å². The molecule has 0 aliphatic rings. The SMILES string of the molecule is Oc1cc2c[n+]3ccccc3c(O)c2cc1O. The minimum atomic E-state index is -0.243. The molecule has 1 aromatic carbocycles. The molecule has 0 saturated carbocycles. The Labute approximate surface area is 96.6 Å². The van der Waals surface area contributed by atoms with Crippen LogP contribution in [0.3, 0.4) is 0 Å². The van der Waals surface area contributed by atoms with Gasteiger partial charge in [-0.25, -0.2) is 0 Å². The topological polar surface area (TPSA) is 64.8 Å². The number of benzene rings is 1. The van der Waals surface area contributed by atoms with Crippen molar-refractivity contribution in [3.8, 4) is 17.2 Å². The van der Waals surface area contributed by atoms with Crippen molar-refractivity contribution in [3.63, 3.8) is 0 Å². The summed E-state index contributed by atoms with van der Waals surface area (Å²) >= 11 is 0. The number of aromatic hydroxyl groups is 3. The van der Waals surface area contributed by atoms with Gasteiger partial charge >= 0.3 is 0 Å². The van der Waals surface area contributed by atoms with Gasteiger partial charge in [-0.3, -0.25) is 0 Å². The molecule has 0 aliphatic heterocycles. The summed E-state index contributed by atoms with van der Waals surface area (Å²) in [5.74, 6) is -0.362. The fourth-order valence-electron chi connectivity index (χ4n) is 1.96. The Kier molecular flexibility index (Phi) is 1.86. The first kappa shape index (κ1) is 9.72. The number of pyridine rings is 2.